The van der Waals surface area contributed by atoms with Gasteiger partial charge in [0.05, 0.1) is 23.1 Å². The maximum Gasteiger partial charge on any atom is 0.243 e. The van der Waals surface area contributed by atoms with Gasteiger partial charge in [0.25, 0.3) is 0 Å². The van der Waals surface area contributed by atoms with Crippen molar-refractivity contribution in [1.82, 2.24) is 21.3 Å². The average Bonchev–Trinajstić information content (AvgIpc) is 3.46. The molecule has 0 aromatic heterocycles. The van der Waals surface area contributed by atoms with Gasteiger partial charge in [0.2, 0.25) is 17.7 Å². The van der Waals surface area contributed by atoms with Gasteiger partial charge >= 0.3 is 0 Å². The number of halogens is 2. The summed E-state index contributed by atoms with van der Waals surface area (Å²) in [7, 11) is -3.88. The lowest BCUT2D eigenvalue weighted by Crippen LogP contribution is -2.58. The highest BCUT2D eigenvalue weighted by molar-refractivity contribution is 7.92. The van der Waals surface area contributed by atoms with E-state index in [1.807, 2.05) is 45.0 Å². The number of aliphatic hydroxyl groups is 1. The summed E-state index contributed by atoms with van der Waals surface area (Å²) in [6.07, 6.45) is 1.70. The third-order valence-corrected chi connectivity index (χ3v) is 10.6. The Labute approximate surface area is 276 Å². The Morgan fingerprint density at radius 2 is 1.64 bits per heavy atom. The summed E-state index contributed by atoms with van der Waals surface area (Å²) in [6.45, 7) is 6.15. The lowest BCUT2D eigenvalue weighted by molar-refractivity contribution is -0.130. The number of rotatable bonds is 19. The van der Waals surface area contributed by atoms with E-state index in [1.165, 1.54) is 0 Å². The van der Waals surface area contributed by atoms with Crippen LogP contribution in [-0.4, -0.2) is 73.0 Å². The first kappa shape index (κ1) is 38.0. The maximum atomic E-state index is 14.1. The van der Waals surface area contributed by atoms with Gasteiger partial charge in [-0.1, -0.05) is 57.9 Å². The lowest BCUT2D eigenvalue weighted by atomic mass is 10.00. The van der Waals surface area contributed by atoms with Crippen LogP contribution in [0.2, 0.25) is 0 Å². The molecule has 0 saturated carbocycles. The summed E-state index contributed by atoms with van der Waals surface area (Å²) in [5.41, 5.74) is 2.28. The molecule has 2 aromatic carbocycles. The monoisotopic (exact) mass is 678 g/mol. The van der Waals surface area contributed by atoms with Crippen molar-refractivity contribution < 1.29 is 36.7 Å². The molecule has 3 amide bonds. The molecule has 2 aromatic rings. The molecule has 1 unspecified atom stereocenters. The van der Waals surface area contributed by atoms with E-state index in [0.717, 1.165) is 29.7 Å². The van der Waals surface area contributed by atoms with Crippen LogP contribution in [0, 0.1) is 11.6 Å². The van der Waals surface area contributed by atoms with Crippen LogP contribution in [0.25, 0.3) is 0 Å². The van der Waals surface area contributed by atoms with Crippen LogP contribution >= 0.6 is 0 Å². The van der Waals surface area contributed by atoms with Crippen LogP contribution in [0.15, 0.2) is 42.5 Å². The Morgan fingerprint density at radius 1 is 0.979 bits per heavy atom. The summed E-state index contributed by atoms with van der Waals surface area (Å²) >= 11 is 0. The average molecular weight is 679 g/mol. The molecule has 0 radical (unpaired) electrons. The molecule has 260 valence electrons. The number of amides is 3. The zero-order valence-corrected chi connectivity index (χ0v) is 28.2. The SMILES string of the molecule is CCCC(CCC)S(=O)(=O)CC(NC(=O)[C@@H]1CCC(=O)N1)C(=O)N[C@@H](Cc1cc(F)cc(F)c1)[C@H](O)CNCc1cccc(CC)c1. The van der Waals surface area contributed by atoms with E-state index >= 15 is 0 Å². The second-order valence-corrected chi connectivity index (χ2v) is 14.5. The zero-order chi connectivity index (χ0) is 34.6. The van der Waals surface area contributed by atoms with Crippen molar-refractivity contribution in [2.45, 2.75) is 108 Å². The third-order valence-electron chi connectivity index (χ3n) is 8.33. The highest BCUT2D eigenvalue weighted by atomic mass is 32.2. The molecular weight excluding hydrogens is 630 g/mol. The van der Waals surface area contributed by atoms with Crippen molar-refractivity contribution in [3.05, 3.63) is 70.8 Å². The van der Waals surface area contributed by atoms with Gasteiger partial charge in [0, 0.05) is 25.6 Å². The zero-order valence-electron chi connectivity index (χ0n) is 27.4. The molecule has 47 heavy (non-hydrogen) atoms. The number of hydrogen-bond donors (Lipinski definition) is 5. The van der Waals surface area contributed by atoms with Gasteiger partial charge in [-0.25, -0.2) is 17.2 Å². The smallest absolute Gasteiger partial charge is 0.243 e. The number of hydrogen-bond acceptors (Lipinski definition) is 7. The highest BCUT2D eigenvalue weighted by Gasteiger charge is 2.36. The number of aryl methyl sites for hydroxylation is 1. The molecule has 4 atom stereocenters. The minimum absolute atomic E-state index is 0.0163. The number of nitrogens with one attached hydrogen (secondary N) is 4. The molecule has 3 rings (SSSR count). The summed E-state index contributed by atoms with van der Waals surface area (Å²) < 4.78 is 55.3. The standard InChI is InChI=1S/C34H48F2N4O6S/c1-4-8-27(9-5-2)47(45,46)21-30(40-33(43)28-12-13-32(42)38-28)34(44)39-29(17-24-15-25(35)18-26(36)16-24)31(41)20-37-19-23-11-7-10-22(6-3)14-23/h7,10-11,14-16,18,27-31,37,41H,4-6,8-9,12-13,17,19-21H2,1-3H3,(H,38,42)(H,39,44)(H,40,43)/t28-,29-,30?,31+/m0/s1. The lowest BCUT2D eigenvalue weighted by Gasteiger charge is -2.28. The molecule has 0 aliphatic carbocycles. The molecule has 0 spiro atoms. The number of carbonyl (C=O) groups excluding carboxylic acids is 3. The summed E-state index contributed by atoms with van der Waals surface area (Å²) in [6, 6.07) is 7.19. The topological polar surface area (TPSA) is 154 Å². The fraction of sp³-hybridized carbons (Fsp3) is 0.559. The van der Waals surface area contributed by atoms with Crippen molar-refractivity contribution in [2.75, 3.05) is 12.3 Å². The number of benzene rings is 2. The van der Waals surface area contributed by atoms with Crippen LogP contribution in [-0.2, 0) is 43.6 Å². The van der Waals surface area contributed by atoms with E-state index in [2.05, 4.69) is 21.3 Å². The predicted molar refractivity (Wildman–Crippen MR) is 176 cm³/mol. The Balaban J connectivity index is 1.85. The number of carbonyl (C=O) groups is 3. The number of sulfone groups is 1. The van der Waals surface area contributed by atoms with Crippen molar-refractivity contribution in [3.63, 3.8) is 0 Å². The van der Waals surface area contributed by atoms with Crippen LogP contribution < -0.4 is 21.3 Å². The fourth-order valence-electron chi connectivity index (χ4n) is 5.80. The van der Waals surface area contributed by atoms with Crippen LogP contribution in [0.3, 0.4) is 0 Å². The largest absolute Gasteiger partial charge is 0.390 e. The molecule has 1 heterocycles. The van der Waals surface area contributed by atoms with Crippen molar-refractivity contribution in [2.24, 2.45) is 0 Å². The Hall–Kier alpha value is -3.42. The quantitative estimate of drug-likeness (QED) is 0.153. The highest BCUT2D eigenvalue weighted by Crippen LogP contribution is 2.18. The van der Waals surface area contributed by atoms with Crippen LogP contribution in [0.4, 0.5) is 8.78 Å². The van der Waals surface area contributed by atoms with Gasteiger partial charge in [-0.2, -0.15) is 0 Å². The number of aliphatic hydroxyl groups excluding tert-OH is 1. The minimum atomic E-state index is -3.88. The molecule has 10 nitrogen and oxygen atoms in total. The third kappa shape index (κ3) is 12.0. The predicted octanol–water partition coefficient (Wildman–Crippen LogP) is 2.85. The van der Waals surface area contributed by atoms with Gasteiger partial charge in [-0.05, 0) is 60.9 Å². The van der Waals surface area contributed by atoms with E-state index in [0.29, 0.717) is 38.3 Å². The van der Waals surface area contributed by atoms with E-state index in [4.69, 9.17) is 0 Å². The fourth-order valence-corrected chi connectivity index (χ4v) is 7.96. The molecule has 1 fully saturated rings. The summed E-state index contributed by atoms with van der Waals surface area (Å²) in [5, 5.41) is 21.4. The first-order chi connectivity index (χ1) is 22.3. The normalized spacial score (nSPS) is 16.8. The van der Waals surface area contributed by atoms with Gasteiger partial charge in [0.1, 0.15) is 23.7 Å². The van der Waals surface area contributed by atoms with Gasteiger partial charge in [-0.15, -0.1) is 0 Å². The Bertz CT molecular complexity index is 1450. The molecule has 13 heteroatoms. The molecular formula is C34H48F2N4O6S. The molecule has 1 aliphatic rings. The van der Waals surface area contributed by atoms with E-state index in [-0.39, 0.29) is 37.3 Å². The maximum absolute atomic E-state index is 14.1. The van der Waals surface area contributed by atoms with E-state index in [9.17, 15) is 36.7 Å². The van der Waals surface area contributed by atoms with Crippen LogP contribution in [0.5, 0.6) is 0 Å². The minimum Gasteiger partial charge on any atom is -0.390 e. The van der Waals surface area contributed by atoms with Gasteiger partial charge in [0.15, 0.2) is 9.84 Å². The Morgan fingerprint density at radius 3 is 2.23 bits per heavy atom. The second kappa shape index (κ2) is 18.2. The van der Waals surface area contributed by atoms with Gasteiger partial charge in [-0.3, -0.25) is 14.4 Å². The molecule has 5 N–H and O–H groups in total. The molecule has 1 aliphatic heterocycles. The van der Waals surface area contributed by atoms with Gasteiger partial charge < -0.3 is 26.4 Å². The van der Waals surface area contributed by atoms with Crippen molar-refractivity contribution in [1.29, 1.82) is 0 Å². The first-order valence-electron chi connectivity index (χ1n) is 16.4. The van der Waals surface area contributed by atoms with Crippen molar-refractivity contribution >= 4 is 27.6 Å². The Kier molecular flexibility index (Phi) is 14.7. The first-order valence-corrected chi connectivity index (χ1v) is 18.1. The molecule has 1 saturated heterocycles. The van der Waals surface area contributed by atoms with E-state index < -0.39 is 68.5 Å². The van der Waals surface area contributed by atoms with Crippen LogP contribution in [0.1, 0.15) is 76.0 Å². The summed E-state index contributed by atoms with van der Waals surface area (Å²) in [5.74, 6) is -4.27. The summed E-state index contributed by atoms with van der Waals surface area (Å²) in [4.78, 5) is 38.6. The molecule has 0 bridgehead atoms. The second-order valence-electron chi connectivity index (χ2n) is 12.2. The van der Waals surface area contributed by atoms with Crippen molar-refractivity contribution in [3.8, 4) is 0 Å². The van der Waals surface area contributed by atoms with E-state index in [1.54, 1.807) is 0 Å².